The summed E-state index contributed by atoms with van der Waals surface area (Å²) in [4.78, 5) is 41.5. The lowest BCUT2D eigenvalue weighted by molar-refractivity contribution is -0.148. The summed E-state index contributed by atoms with van der Waals surface area (Å²) in [5.41, 5.74) is 9.04. The first-order chi connectivity index (χ1) is 15.5. The number of aromatic nitrogens is 1. The normalized spacial score (nSPS) is 11.7. The number of hydrogen-bond donors (Lipinski definition) is 2. The molecular formula is C24H31N3O5S. The Morgan fingerprint density at radius 1 is 1.09 bits per heavy atom. The number of ether oxygens (including phenoxy) is 2. The number of methoxy groups -OCH3 is 1. The van der Waals surface area contributed by atoms with Crippen LogP contribution in [0.1, 0.15) is 59.1 Å². The molecule has 0 spiro atoms. The van der Waals surface area contributed by atoms with Gasteiger partial charge in [-0.3, -0.25) is 14.4 Å². The van der Waals surface area contributed by atoms with Crippen LogP contribution >= 0.6 is 11.8 Å². The summed E-state index contributed by atoms with van der Waals surface area (Å²) in [5.74, 6) is -0.647. The maximum absolute atomic E-state index is 12.8. The van der Waals surface area contributed by atoms with Crippen LogP contribution in [0, 0.1) is 20.8 Å². The highest BCUT2D eigenvalue weighted by Crippen LogP contribution is 2.27. The molecule has 8 nitrogen and oxygen atoms in total. The van der Waals surface area contributed by atoms with Crippen LogP contribution in [0.2, 0.25) is 0 Å². The molecule has 9 heteroatoms. The number of rotatable bonds is 10. The van der Waals surface area contributed by atoms with Crippen LogP contribution in [0.25, 0.3) is 0 Å². The standard InChI is InChI=1S/C24H31N3O5S/c1-13(2)32-21(29)11-19(17-7-9-18(31-6)10-8-17)27-20(28)12-33-24-22(23(25)30)15(4)14(3)16(5)26-24/h7-10,13,19H,11-12H2,1-6H3,(H2,25,30)(H,27,28). The van der Waals surface area contributed by atoms with Crippen molar-refractivity contribution in [3.05, 3.63) is 52.2 Å². The molecule has 0 saturated heterocycles. The van der Waals surface area contributed by atoms with Gasteiger partial charge in [0.1, 0.15) is 10.8 Å². The van der Waals surface area contributed by atoms with Crippen LogP contribution in [0.15, 0.2) is 29.3 Å². The zero-order valence-corrected chi connectivity index (χ0v) is 20.7. The number of hydrogen-bond acceptors (Lipinski definition) is 7. The van der Waals surface area contributed by atoms with Crippen molar-refractivity contribution in [3.63, 3.8) is 0 Å². The third kappa shape index (κ3) is 7.21. The lowest BCUT2D eigenvalue weighted by atomic mass is 10.0. The zero-order chi connectivity index (χ0) is 24.7. The van der Waals surface area contributed by atoms with Crippen LogP contribution in [-0.2, 0) is 14.3 Å². The SMILES string of the molecule is COc1ccc(C(CC(=O)OC(C)C)NC(=O)CSc2nc(C)c(C)c(C)c2C(N)=O)cc1. The van der Waals surface area contributed by atoms with Crippen molar-refractivity contribution in [1.82, 2.24) is 10.3 Å². The average Bonchev–Trinajstić information content (AvgIpc) is 2.74. The molecule has 0 aliphatic rings. The Hall–Kier alpha value is -3.07. The van der Waals surface area contributed by atoms with E-state index in [1.807, 2.05) is 20.8 Å². The van der Waals surface area contributed by atoms with Crippen molar-refractivity contribution in [2.75, 3.05) is 12.9 Å². The summed E-state index contributed by atoms with van der Waals surface area (Å²) in [6.45, 7) is 9.07. The molecule has 0 aliphatic heterocycles. The van der Waals surface area contributed by atoms with Crippen LogP contribution in [0.3, 0.4) is 0 Å². The van der Waals surface area contributed by atoms with Crippen molar-refractivity contribution < 1.29 is 23.9 Å². The summed E-state index contributed by atoms with van der Waals surface area (Å²) in [6.07, 6.45) is -0.277. The fourth-order valence-corrected chi connectivity index (χ4v) is 4.19. The van der Waals surface area contributed by atoms with E-state index in [4.69, 9.17) is 15.2 Å². The zero-order valence-electron chi connectivity index (χ0n) is 19.9. The maximum atomic E-state index is 12.8. The molecule has 0 saturated carbocycles. The molecule has 0 aliphatic carbocycles. The van der Waals surface area contributed by atoms with E-state index in [2.05, 4.69) is 10.3 Å². The minimum Gasteiger partial charge on any atom is -0.497 e. The number of thioether (sulfide) groups is 1. The Kier molecular flexibility index (Phi) is 9.28. The minimum absolute atomic E-state index is 0.00110. The topological polar surface area (TPSA) is 121 Å². The number of aryl methyl sites for hydroxylation is 1. The smallest absolute Gasteiger partial charge is 0.308 e. The van der Waals surface area contributed by atoms with Crippen LogP contribution < -0.4 is 15.8 Å². The Balaban J connectivity index is 2.19. The van der Waals surface area contributed by atoms with Crippen LogP contribution in [0.4, 0.5) is 0 Å². The molecule has 1 unspecified atom stereocenters. The van der Waals surface area contributed by atoms with E-state index >= 15 is 0 Å². The fourth-order valence-electron chi connectivity index (χ4n) is 3.24. The Bertz CT molecular complexity index is 1020. The van der Waals surface area contributed by atoms with Gasteiger partial charge in [0.2, 0.25) is 5.91 Å². The lowest BCUT2D eigenvalue weighted by Crippen LogP contribution is -2.32. The van der Waals surface area contributed by atoms with E-state index in [0.29, 0.717) is 16.3 Å². The number of nitrogens with one attached hydrogen (secondary N) is 1. The molecule has 3 N–H and O–H groups in total. The highest BCUT2D eigenvalue weighted by molar-refractivity contribution is 8.00. The fraction of sp³-hybridized carbons (Fsp3) is 0.417. The van der Waals surface area contributed by atoms with Gasteiger partial charge in [-0.15, -0.1) is 0 Å². The Morgan fingerprint density at radius 2 is 1.73 bits per heavy atom. The van der Waals surface area contributed by atoms with E-state index in [0.717, 1.165) is 34.1 Å². The van der Waals surface area contributed by atoms with Gasteiger partial charge >= 0.3 is 5.97 Å². The Morgan fingerprint density at radius 3 is 2.27 bits per heavy atom. The minimum atomic E-state index is -0.585. The third-order valence-corrected chi connectivity index (χ3v) is 6.12. The molecule has 0 radical (unpaired) electrons. The van der Waals surface area contributed by atoms with Crippen LogP contribution in [-0.4, -0.2) is 41.7 Å². The van der Waals surface area contributed by atoms with Gasteiger partial charge in [0.15, 0.2) is 0 Å². The van der Waals surface area contributed by atoms with Gasteiger partial charge in [-0.1, -0.05) is 23.9 Å². The molecule has 0 bridgehead atoms. The number of pyridine rings is 1. The second-order valence-corrected chi connectivity index (χ2v) is 8.88. The molecular weight excluding hydrogens is 442 g/mol. The largest absolute Gasteiger partial charge is 0.497 e. The third-order valence-electron chi connectivity index (χ3n) is 5.14. The van der Waals surface area contributed by atoms with E-state index < -0.39 is 17.9 Å². The van der Waals surface area contributed by atoms with E-state index in [1.165, 1.54) is 0 Å². The highest BCUT2D eigenvalue weighted by atomic mass is 32.2. The molecule has 1 aromatic heterocycles. The second-order valence-electron chi connectivity index (χ2n) is 7.92. The van der Waals surface area contributed by atoms with E-state index in [-0.39, 0.29) is 24.2 Å². The van der Waals surface area contributed by atoms with Gasteiger partial charge in [-0.25, -0.2) is 4.98 Å². The highest BCUT2D eigenvalue weighted by Gasteiger charge is 2.22. The first kappa shape index (κ1) is 26.2. The number of primary amides is 1. The summed E-state index contributed by atoms with van der Waals surface area (Å²) >= 11 is 1.13. The van der Waals surface area contributed by atoms with Crippen molar-refractivity contribution in [3.8, 4) is 5.75 Å². The van der Waals surface area contributed by atoms with Crippen molar-refractivity contribution in [2.45, 2.75) is 58.2 Å². The first-order valence-corrected chi connectivity index (χ1v) is 11.5. The quantitative estimate of drug-likeness (QED) is 0.401. The Labute approximate surface area is 198 Å². The molecule has 1 atom stereocenters. The van der Waals surface area contributed by atoms with Gasteiger partial charge in [0.05, 0.1) is 37.0 Å². The van der Waals surface area contributed by atoms with E-state index in [9.17, 15) is 14.4 Å². The number of nitrogens with zero attached hydrogens (tertiary/aromatic N) is 1. The predicted molar refractivity (Wildman–Crippen MR) is 127 cm³/mol. The monoisotopic (exact) mass is 473 g/mol. The van der Waals surface area contributed by atoms with E-state index in [1.54, 1.807) is 45.2 Å². The molecule has 33 heavy (non-hydrogen) atoms. The average molecular weight is 474 g/mol. The molecule has 1 aromatic carbocycles. The number of nitrogens with two attached hydrogens (primary N) is 1. The summed E-state index contributed by atoms with van der Waals surface area (Å²) in [5, 5.41) is 3.30. The summed E-state index contributed by atoms with van der Waals surface area (Å²) < 4.78 is 10.4. The molecule has 178 valence electrons. The number of carbonyl (C=O) groups excluding carboxylic acids is 3. The van der Waals surface area contributed by atoms with Crippen LogP contribution in [0.5, 0.6) is 5.75 Å². The molecule has 1 heterocycles. The molecule has 2 amide bonds. The van der Waals surface area contributed by atoms with Gasteiger partial charge < -0.3 is 20.5 Å². The lowest BCUT2D eigenvalue weighted by Gasteiger charge is -2.20. The first-order valence-electron chi connectivity index (χ1n) is 10.6. The van der Waals surface area contributed by atoms with Gasteiger partial charge in [0.25, 0.3) is 5.91 Å². The van der Waals surface area contributed by atoms with Gasteiger partial charge in [-0.05, 0) is 63.4 Å². The summed E-state index contributed by atoms with van der Waals surface area (Å²) in [6, 6.07) is 6.52. The molecule has 2 aromatic rings. The number of amides is 2. The van der Waals surface area contributed by atoms with Crippen molar-refractivity contribution in [1.29, 1.82) is 0 Å². The summed E-state index contributed by atoms with van der Waals surface area (Å²) in [7, 11) is 1.56. The van der Waals surface area contributed by atoms with Gasteiger partial charge in [0, 0.05) is 5.69 Å². The molecule has 2 rings (SSSR count). The van der Waals surface area contributed by atoms with Crippen molar-refractivity contribution in [2.24, 2.45) is 5.73 Å². The van der Waals surface area contributed by atoms with Gasteiger partial charge in [-0.2, -0.15) is 0 Å². The predicted octanol–water partition coefficient (Wildman–Crippen LogP) is 3.41. The number of carbonyl (C=O) groups is 3. The number of benzene rings is 1. The molecule has 0 fully saturated rings. The van der Waals surface area contributed by atoms with Crippen molar-refractivity contribution >= 4 is 29.5 Å². The maximum Gasteiger partial charge on any atom is 0.308 e. The second kappa shape index (κ2) is 11.7. The number of esters is 1.